The number of nitrogens with zero attached hydrogens (tertiary/aromatic N) is 2. The number of hydrogen-bond acceptors (Lipinski definition) is 5. The Kier molecular flexibility index (Phi) is 4.80. The third-order valence-corrected chi connectivity index (χ3v) is 5.68. The Bertz CT molecular complexity index is 994. The lowest BCUT2D eigenvalue weighted by Gasteiger charge is -2.17. The predicted octanol–water partition coefficient (Wildman–Crippen LogP) is 1.11. The molecule has 1 aliphatic heterocycles. The number of imide groups is 1. The van der Waals surface area contributed by atoms with Gasteiger partial charge in [0, 0.05) is 55.8 Å². The number of nitrogens with one attached hydrogen (secondary N) is 1. The van der Waals surface area contributed by atoms with Crippen LogP contribution >= 0.6 is 0 Å². The van der Waals surface area contributed by atoms with Crippen molar-refractivity contribution in [2.45, 2.75) is 4.90 Å². The Morgan fingerprint density at radius 1 is 0.962 bits per heavy atom. The van der Waals surface area contributed by atoms with Gasteiger partial charge in [-0.25, -0.2) is 13.1 Å². The van der Waals surface area contributed by atoms with Crippen molar-refractivity contribution in [2.75, 3.05) is 32.1 Å². The Hall–Kier alpha value is -2.71. The van der Waals surface area contributed by atoms with Crippen LogP contribution in [0, 0.1) is 0 Å². The highest BCUT2D eigenvalue weighted by Crippen LogP contribution is 2.30. The average molecular weight is 373 g/mol. The molecule has 8 heteroatoms. The fraction of sp³-hybridized carbons (Fsp3) is 0.222. The average Bonchev–Trinajstić information content (AvgIpc) is 2.92. The molecule has 1 heterocycles. The minimum Gasteiger partial charge on any atom is -0.377 e. The van der Waals surface area contributed by atoms with E-state index in [4.69, 9.17) is 0 Å². The first kappa shape index (κ1) is 18.1. The van der Waals surface area contributed by atoms with Crippen molar-refractivity contribution in [3.8, 4) is 0 Å². The molecule has 0 fully saturated rings. The van der Waals surface area contributed by atoms with Gasteiger partial charge in [0.25, 0.3) is 11.8 Å². The maximum Gasteiger partial charge on any atom is 0.253 e. The quantitative estimate of drug-likeness (QED) is 0.767. The summed E-state index contributed by atoms with van der Waals surface area (Å²) in [6.07, 6.45) is 2.34. The number of hydrogen-bond donors (Lipinski definition) is 1. The second-order valence-corrected chi connectivity index (χ2v) is 7.82. The molecule has 2 aromatic rings. The van der Waals surface area contributed by atoms with Crippen LogP contribution in [0.15, 0.2) is 53.4 Å². The van der Waals surface area contributed by atoms with Gasteiger partial charge < -0.3 is 4.90 Å². The topological polar surface area (TPSA) is 86.8 Å². The summed E-state index contributed by atoms with van der Waals surface area (Å²) in [4.78, 5) is 26.1. The van der Waals surface area contributed by atoms with Crippen LogP contribution < -0.4 is 9.62 Å². The number of sulfonamides is 1. The van der Waals surface area contributed by atoms with Crippen LogP contribution in [0.4, 0.5) is 5.69 Å². The third-order valence-electron chi connectivity index (χ3n) is 4.16. The first-order valence-electron chi connectivity index (χ1n) is 8.03. The molecule has 1 aliphatic rings. The standard InChI is InChI=1S/C18H19N3O4S/c1-20(2)15-7-3-6-14-13(15)5-4-8-16(14)26(24,25)19-11-12-21-17(22)9-10-18(21)23/h3-10,19H,11-12H2,1-2H3. The summed E-state index contributed by atoms with van der Waals surface area (Å²) in [5.41, 5.74) is 0.916. The van der Waals surface area contributed by atoms with Crippen LogP contribution in [0.5, 0.6) is 0 Å². The summed E-state index contributed by atoms with van der Waals surface area (Å²) in [6, 6.07) is 10.6. The number of anilines is 1. The van der Waals surface area contributed by atoms with Crippen molar-refractivity contribution in [3.63, 3.8) is 0 Å². The van der Waals surface area contributed by atoms with Gasteiger partial charge in [0.1, 0.15) is 0 Å². The molecule has 0 spiro atoms. The smallest absolute Gasteiger partial charge is 0.253 e. The van der Waals surface area contributed by atoms with Crippen molar-refractivity contribution in [2.24, 2.45) is 0 Å². The number of amides is 2. The zero-order chi connectivity index (χ0) is 18.9. The Morgan fingerprint density at radius 3 is 2.23 bits per heavy atom. The highest BCUT2D eigenvalue weighted by atomic mass is 32.2. The van der Waals surface area contributed by atoms with Gasteiger partial charge in [-0.1, -0.05) is 24.3 Å². The second-order valence-electron chi connectivity index (χ2n) is 6.08. The first-order chi connectivity index (χ1) is 12.3. The summed E-state index contributed by atoms with van der Waals surface area (Å²) in [6.45, 7) is -0.0666. The molecular weight excluding hydrogens is 354 g/mol. The highest BCUT2D eigenvalue weighted by Gasteiger charge is 2.24. The summed E-state index contributed by atoms with van der Waals surface area (Å²) in [5, 5.41) is 1.44. The van der Waals surface area contributed by atoms with Crippen LogP contribution in [0.3, 0.4) is 0 Å². The number of rotatable bonds is 6. The molecule has 2 aromatic carbocycles. The van der Waals surface area contributed by atoms with Crippen molar-refractivity contribution < 1.29 is 18.0 Å². The molecular formula is C18H19N3O4S. The van der Waals surface area contributed by atoms with Crippen LogP contribution in [-0.2, 0) is 19.6 Å². The lowest BCUT2D eigenvalue weighted by molar-refractivity contribution is -0.136. The molecule has 0 saturated heterocycles. The molecule has 26 heavy (non-hydrogen) atoms. The molecule has 0 aromatic heterocycles. The van der Waals surface area contributed by atoms with Crippen LogP contribution in [0.25, 0.3) is 10.8 Å². The van der Waals surface area contributed by atoms with Gasteiger partial charge in [-0.2, -0.15) is 0 Å². The zero-order valence-electron chi connectivity index (χ0n) is 14.5. The Balaban J connectivity index is 1.84. The van der Waals surface area contributed by atoms with E-state index < -0.39 is 21.8 Å². The minimum absolute atomic E-state index is 0.0163. The van der Waals surface area contributed by atoms with Gasteiger partial charge >= 0.3 is 0 Å². The third kappa shape index (κ3) is 3.33. The van der Waals surface area contributed by atoms with Crippen molar-refractivity contribution in [3.05, 3.63) is 48.6 Å². The maximum absolute atomic E-state index is 12.7. The van der Waals surface area contributed by atoms with Crippen molar-refractivity contribution in [1.82, 2.24) is 9.62 Å². The van der Waals surface area contributed by atoms with Gasteiger partial charge in [-0.05, 0) is 12.1 Å². The van der Waals surface area contributed by atoms with Gasteiger partial charge in [-0.15, -0.1) is 0 Å². The highest BCUT2D eigenvalue weighted by molar-refractivity contribution is 7.89. The van der Waals surface area contributed by atoms with E-state index in [-0.39, 0.29) is 18.0 Å². The normalized spacial score (nSPS) is 14.5. The molecule has 2 amide bonds. The molecule has 7 nitrogen and oxygen atoms in total. The molecule has 1 N–H and O–H groups in total. The number of carbonyl (C=O) groups is 2. The largest absolute Gasteiger partial charge is 0.377 e. The molecule has 0 bridgehead atoms. The van der Waals surface area contributed by atoms with E-state index in [0.717, 1.165) is 16.0 Å². The molecule has 136 valence electrons. The van der Waals surface area contributed by atoms with Crippen molar-refractivity contribution >= 4 is 38.3 Å². The van der Waals surface area contributed by atoms with Gasteiger partial charge in [0.05, 0.1) is 4.90 Å². The number of benzene rings is 2. The summed E-state index contributed by atoms with van der Waals surface area (Å²) in [5.74, 6) is -0.870. The molecule has 0 unspecified atom stereocenters. The lowest BCUT2D eigenvalue weighted by atomic mass is 10.1. The maximum atomic E-state index is 12.7. The number of carbonyl (C=O) groups excluding carboxylic acids is 2. The molecule has 0 saturated carbocycles. The fourth-order valence-corrected chi connectivity index (χ4v) is 4.15. The molecule has 3 rings (SSSR count). The van der Waals surface area contributed by atoms with E-state index in [1.165, 1.54) is 18.2 Å². The van der Waals surface area contributed by atoms with E-state index in [2.05, 4.69) is 4.72 Å². The van der Waals surface area contributed by atoms with Gasteiger partial charge in [0.2, 0.25) is 10.0 Å². The molecule has 0 atom stereocenters. The Labute approximate surface area is 151 Å². The second kappa shape index (κ2) is 6.89. The van der Waals surface area contributed by atoms with E-state index in [1.807, 2.05) is 37.2 Å². The number of fused-ring (bicyclic) bond motifs is 1. The minimum atomic E-state index is -3.79. The predicted molar refractivity (Wildman–Crippen MR) is 99.3 cm³/mol. The first-order valence-corrected chi connectivity index (χ1v) is 9.52. The SMILES string of the molecule is CN(C)c1cccc2c(S(=O)(=O)NCCN3C(=O)C=CC3=O)cccc12. The van der Waals surface area contributed by atoms with E-state index >= 15 is 0 Å². The van der Waals surface area contributed by atoms with E-state index in [0.29, 0.717) is 5.39 Å². The summed E-state index contributed by atoms with van der Waals surface area (Å²) in [7, 11) is -0.00391. The van der Waals surface area contributed by atoms with Crippen molar-refractivity contribution in [1.29, 1.82) is 0 Å². The van der Waals surface area contributed by atoms with Crippen LogP contribution in [0.2, 0.25) is 0 Å². The van der Waals surface area contributed by atoms with Crippen LogP contribution in [0.1, 0.15) is 0 Å². The lowest BCUT2D eigenvalue weighted by Crippen LogP contribution is -2.38. The summed E-state index contributed by atoms with van der Waals surface area (Å²) < 4.78 is 27.9. The van der Waals surface area contributed by atoms with Gasteiger partial charge in [-0.3, -0.25) is 14.5 Å². The van der Waals surface area contributed by atoms with Crippen LogP contribution in [-0.4, -0.2) is 52.3 Å². The van der Waals surface area contributed by atoms with E-state index in [9.17, 15) is 18.0 Å². The molecule has 0 aliphatic carbocycles. The Morgan fingerprint density at radius 2 is 1.58 bits per heavy atom. The summed E-state index contributed by atoms with van der Waals surface area (Å²) >= 11 is 0. The molecule has 0 radical (unpaired) electrons. The fourth-order valence-electron chi connectivity index (χ4n) is 2.91. The van der Waals surface area contributed by atoms with Gasteiger partial charge in [0.15, 0.2) is 0 Å². The zero-order valence-corrected chi connectivity index (χ0v) is 15.3. The van der Waals surface area contributed by atoms with E-state index in [1.54, 1.807) is 12.1 Å². The monoisotopic (exact) mass is 373 g/mol.